The Morgan fingerprint density at radius 3 is 2.71 bits per heavy atom. The van der Waals surface area contributed by atoms with Gasteiger partial charge in [0.05, 0.1) is 11.6 Å². The quantitative estimate of drug-likeness (QED) is 0.756. The van der Waals surface area contributed by atoms with Crippen LogP contribution >= 0.6 is 15.9 Å². The number of pyridine rings is 1. The first kappa shape index (κ1) is 14.2. The van der Waals surface area contributed by atoms with Crippen LogP contribution in [0, 0.1) is 6.92 Å². The van der Waals surface area contributed by atoms with Crippen molar-refractivity contribution in [3.63, 3.8) is 0 Å². The van der Waals surface area contributed by atoms with E-state index in [9.17, 15) is 5.11 Å². The fourth-order valence-electron chi connectivity index (χ4n) is 2.61. The molecule has 1 heterocycles. The molecule has 2 aromatic carbocycles. The van der Waals surface area contributed by atoms with Crippen LogP contribution in [0.3, 0.4) is 0 Å². The van der Waals surface area contributed by atoms with Gasteiger partial charge in [-0.05, 0) is 42.3 Å². The van der Waals surface area contributed by atoms with Gasteiger partial charge in [0.15, 0.2) is 0 Å². The molecule has 21 heavy (non-hydrogen) atoms. The monoisotopic (exact) mass is 341 g/mol. The summed E-state index contributed by atoms with van der Waals surface area (Å²) in [6.07, 6.45) is 0.0540. The summed E-state index contributed by atoms with van der Waals surface area (Å²) in [6.45, 7) is 1.96. The molecule has 0 spiro atoms. The number of aliphatic hydroxyl groups excluding tert-OH is 1. The summed E-state index contributed by atoms with van der Waals surface area (Å²) in [7, 11) is 0. The minimum absolute atomic E-state index is 0.536. The van der Waals surface area contributed by atoms with Gasteiger partial charge in [0, 0.05) is 22.0 Å². The lowest BCUT2D eigenvalue weighted by Gasteiger charge is -2.15. The Morgan fingerprint density at radius 2 is 1.90 bits per heavy atom. The lowest BCUT2D eigenvalue weighted by Crippen LogP contribution is -2.04. The zero-order valence-electron chi connectivity index (χ0n) is 11.8. The van der Waals surface area contributed by atoms with Crippen molar-refractivity contribution >= 4 is 26.8 Å². The Labute approximate surface area is 132 Å². The van der Waals surface area contributed by atoms with E-state index in [1.165, 1.54) is 0 Å². The first-order chi connectivity index (χ1) is 10.1. The number of rotatable bonds is 3. The Bertz CT molecular complexity index is 785. The molecule has 0 saturated heterocycles. The van der Waals surface area contributed by atoms with E-state index in [-0.39, 0.29) is 0 Å². The number of aliphatic hydroxyl groups is 1. The van der Waals surface area contributed by atoms with Crippen LogP contribution in [0.15, 0.2) is 59.1 Å². The maximum absolute atomic E-state index is 10.6. The molecule has 0 bridgehead atoms. The van der Waals surface area contributed by atoms with Gasteiger partial charge in [0.1, 0.15) is 0 Å². The average Bonchev–Trinajstić information content (AvgIpc) is 2.46. The van der Waals surface area contributed by atoms with Crippen LogP contribution < -0.4 is 0 Å². The lowest BCUT2D eigenvalue weighted by molar-refractivity contribution is 0.180. The zero-order valence-corrected chi connectivity index (χ0v) is 13.3. The van der Waals surface area contributed by atoms with Gasteiger partial charge in [-0.2, -0.15) is 0 Å². The van der Waals surface area contributed by atoms with Gasteiger partial charge in [0.2, 0.25) is 0 Å². The number of benzene rings is 2. The Morgan fingerprint density at radius 1 is 1.10 bits per heavy atom. The fourth-order valence-corrected chi connectivity index (χ4v) is 3.06. The van der Waals surface area contributed by atoms with Gasteiger partial charge in [-0.25, -0.2) is 0 Å². The van der Waals surface area contributed by atoms with Crippen LogP contribution in [0.2, 0.25) is 0 Å². The van der Waals surface area contributed by atoms with Gasteiger partial charge in [0.25, 0.3) is 0 Å². The summed E-state index contributed by atoms with van der Waals surface area (Å²) >= 11 is 3.47. The molecule has 0 saturated carbocycles. The van der Waals surface area contributed by atoms with E-state index in [0.29, 0.717) is 6.42 Å². The molecule has 3 heteroatoms. The predicted octanol–water partition coefficient (Wildman–Crippen LogP) is 4.58. The Kier molecular flexibility index (Phi) is 4.04. The third-order valence-electron chi connectivity index (χ3n) is 3.55. The van der Waals surface area contributed by atoms with Crippen LogP contribution in [-0.2, 0) is 6.42 Å². The highest BCUT2D eigenvalue weighted by Crippen LogP contribution is 2.27. The highest BCUT2D eigenvalue weighted by Gasteiger charge is 2.13. The number of halogens is 1. The van der Waals surface area contributed by atoms with Crippen molar-refractivity contribution in [2.45, 2.75) is 19.4 Å². The minimum atomic E-state index is -0.536. The Balaban J connectivity index is 1.99. The Hall–Kier alpha value is -1.71. The molecule has 0 amide bonds. The number of aryl methyl sites for hydroxylation is 1. The molecule has 1 atom stereocenters. The van der Waals surface area contributed by atoms with E-state index in [0.717, 1.165) is 32.2 Å². The second-order valence-corrected chi connectivity index (χ2v) is 6.14. The summed E-state index contributed by atoms with van der Waals surface area (Å²) in [6, 6.07) is 18.0. The molecule has 3 rings (SSSR count). The molecule has 0 aliphatic rings. The second kappa shape index (κ2) is 5.96. The molecule has 1 unspecified atom stereocenters. The minimum Gasteiger partial charge on any atom is -0.388 e. The molecule has 0 radical (unpaired) electrons. The van der Waals surface area contributed by atoms with Crippen molar-refractivity contribution < 1.29 is 5.11 Å². The molecule has 3 aromatic rings. The SMILES string of the molecule is Cc1cc(C(O)Cc2cccc(Br)c2)c2ccccc2n1. The van der Waals surface area contributed by atoms with E-state index in [4.69, 9.17) is 0 Å². The normalized spacial score (nSPS) is 12.5. The van der Waals surface area contributed by atoms with Crippen LogP contribution in [-0.4, -0.2) is 10.1 Å². The van der Waals surface area contributed by atoms with E-state index >= 15 is 0 Å². The van der Waals surface area contributed by atoms with E-state index in [2.05, 4.69) is 20.9 Å². The van der Waals surface area contributed by atoms with E-state index in [1.807, 2.05) is 61.5 Å². The number of para-hydroxylation sites is 1. The number of nitrogens with zero attached hydrogens (tertiary/aromatic N) is 1. The molecule has 0 fully saturated rings. The van der Waals surface area contributed by atoms with Crippen molar-refractivity contribution in [3.8, 4) is 0 Å². The summed E-state index contributed by atoms with van der Waals surface area (Å²) in [4.78, 5) is 4.52. The molecular formula is C18H16BrNO. The van der Waals surface area contributed by atoms with Crippen LogP contribution in [0.4, 0.5) is 0 Å². The molecule has 0 aliphatic carbocycles. The highest BCUT2D eigenvalue weighted by molar-refractivity contribution is 9.10. The molecule has 0 aliphatic heterocycles. The fraction of sp³-hybridized carbons (Fsp3) is 0.167. The van der Waals surface area contributed by atoms with Gasteiger partial charge >= 0.3 is 0 Å². The van der Waals surface area contributed by atoms with Crippen molar-refractivity contribution in [1.29, 1.82) is 0 Å². The highest BCUT2D eigenvalue weighted by atomic mass is 79.9. The van der Waals surface area contributed by atoms with Gasteiger partial charge in [-0.3, -0.25) is 4.98 Å². The molecule has 1 aromatic heterocycles. The van der Waals surface area contributed by atoms with Crippen molar-refractivity contribution in [2.24, 2.45) is 0 Å². The van der Waals surface area contributed by atoms with Gasteiger partial charge in [-0.1, -0.05) is 46.3 Å². The zero-order chi connectivity index (χ0) is 14.8. The van der Waals surface area contributed by atoms with Crippen LogP contribution in [0.5, 0.6) is 0 Å². The molecule has 1 N–H and O–H groups in total. The van der Waals surface area contributed by atoms with Gasteiger partial charge < -0.3 is 5.11 Å². The third-order valence-corrected chi connectivity index (χ3v) is 4.05. The summed E-state index contributed by atoms with van der Waals surface area (Å²) < 4.78 is 1.03. The predicted molar refractivity (Wildman–Crippen MR) is 89.3 cm³/mol. The van der Waals surface area contributed by atoms with E-state index < -0.39 is 6.10 Å². The van der Waals surface area contributed by atoms with Crippen molar-refractivity contribution in [3.05, 3.63) is 75.9 Å². The van der Waals surface area contributed by atoms with Crippen LogP contribution in [0.1, 0.15) is 22.9 Å². The molecule has 106 valence electrons. The van der Waals surface area contributed by atoms with Crippen LogP contribution in [0.25, 0.3) is 10.9 Å². The maximum Gasteiger partial charge on any atom is 0.0837 e. The lowest BCUT2D eigenvalue weighted by atomic mass is 9.97. The third kappa shape index (κ3) is 3.14. The molecular weight excluding hydrogens is 326 g/mol. The number of hydrogen-bond acceptors (Lipinski definition) is 2. The maximum atomic E-state index is 10.6. The van der Waals surface area contributed by atoms with Crippen molar-refractivity contribution in [2.75, 3.05) is 0 Å². The second-order valence-electron chi connectivity index (χ2n) is 5.22. The number of hydrogen-bond donors (Lipinski definition) is 1. The largest absolute Gasteiger partial charge is 0.388 e. The summed E-state index contributed by atoms with van der Waals surface area (Å²) in [5.74, 6) is 0. The first-order valence-electron chi connectivity index (χ1n) is 6.92. The van der Waals surface area contributed by atoms with Gasteiger partial charge in [-0.15, -0.1) is 0 Å². The average molecular weight is 342 g/mol. The smallest absolute Gasteiger partial charge is 0.0837 e. The first-order valence-corrected chi connectivity index (χ1v) is 7.71. The standard InChI is InChI=1S/C18H16BrNO/c1-12-9-16(15-7-2-3-8-17(15)20-12)18(21)11-13-5-4-6-14(19)10-13/h2-10,18,21H,11H2,1H3. The molecule has 2 nitrogen and oxygen atoms in total. The van der Waals surface area contributed by atoms with Crippen molar-refractivity contribution in [1.82, 2.24) is 4.98 Å². The summed E-state index contributed by atoms with van der Waals surface area (Å²) in [5.41, 5.74) is 3.91. The summed E-state index contributed by atoms with van der Waals surface area (Å²) in [5, 5.41) is 11.7. The topological polar surface area (TPSA) is 33.1 Å². The number of aromatic nitrogens is 1. The number of fused-ring (bicyclic) bond motifs is 1. The van der Waals surface area contributed by atoms with E-state index in [1.54, 1.807) is 0 Å².